The third kappa shape index (κ3) is 5.03. The molecule has 2 aromatic heterocycles. The third-order valence-electron chi connectivity index (χ3n) is 6.38. The molecule has 1 N–H and O–H groups in total. The first kappa shape index (κ1) is 23.4. The number of nitrogens with zero attached hydrogens (tertiary/aromatic N) is 4. The molecule has 1 aliphatic rings. The standard InChI is InChI=1S/C26H26Cl3N5/c1-17-13-31-34-25(12-24(32-26(17)34)21-6-2-3-7-22(21)28)30-14-18-5-4-10-33(15-18)16-19-8-9-20(27)11-23(19)29/h2-3,6-9,11-13,18,30H,4-5,10,14-16H2,1H3. The molecule has 1 fully saturated rings. The zero-order valence-corrected chi connectivity index (χ0v) is 21.2. The maximum absolute atomic E-state index is 6.47. The number of anilines is 1. The van der Waals surface area contributed by atoms with Gasteiger partial charge in [-0.1, -0.05) is 59.1 Å². The molecule has 1 atom stereocenters. The van der Waals surface area contributed by atoms with Crippen molar-refractivity contribution in [2.75, 3.05) is 25.0 Å². The van der Waals surface area contributed by atoms with E-state index < -0.39 is 0 Å². The molecule has 0 saturated carbocycles. The van der Waals surface area contributed by atoms with Crippen molar-refractivity contribution in [2.24, 2.45) is 5.92 Å². The second-order valence-corrected chi connectivity index (χ2v) is 10.2. The van der Waals surface area contributed by atoms with Gasteiger partial charge < -0.3 is 5.32 Å². The average Bonchev–Trinajstić information content (AvgIpc) is 3.21. The molecular formula is C26H26Cl3N5. The first-order valence-electron chi connectivity index (χ1n) is 11.5. The Balaban J connectivity index is 1.33. The maximum atomic E-state index is 6.47. The Morgan fingerprint density at radius 3 is 2.74 bits per heavy atom. The lowest BCUT2D eigenvalue weighted by atomic mass is 9.97. The fourth-order valence-corrected chi connectivity index (χ4v) is 5.31. The van der Waals surface area contributed by atoms with Gasteiger partial charge in [-0.25, -0.2) is 4.98 Å². The van der Waals surface area contributed by atoms with Gasteiger partial charge in [-0.2, -0.15) is 9.61 Å². The summed E-state index contributed by atoms with van der Waals surface area (Å²) in [6.07, 6.45) is 4.19. The van der Waals surface area contributed by atoms with Gasteiger partial charge in [0.15, 0.2) is 5.65 Å². The number of likely N-dealkylation sites (tertiary alicyclic amines) is 1. The van der Waals surface area contributed by atoms with Crippen molar-refractivity contribution in [3.63, 3.8) is 0 Å². The normalized spacial score (nSPS) is 16.8. The summed E-state index contributed by atoms with van der Waals surface area (Å²) < 4.78 is 1.88. The molecular weight excluding hydrogens is 489 g/mol. The summed E-state index contributed by atoms with van der Waals surface area (Å²) in [5.74, 6) is 1.44. The van der Waals surface area contributed by atoms with Crippen molar-refractivity contribution in [3.8, 4) is 11.3 Å². The van der Waals surface area contributed by atoms with Crippen molar-refractivity contribution in [1.82, 2.24) is 19.5 Å². The second kappa shape index (κ2) is 10.1. The van der Waals surface area contributed by atoms with Crippen molar-refractivity contribution in [1.29, 1.82) is 0 Å². The van der Waals surface area contributed by atoms with Crippen LogP contribution in [0, 0.1) is 12.8 Å². The van der Waals surface area contributed by atoms with E-state index in [2.05, 4.69) is 15.3 Å². The van der Waals surface area contributed by atoms with Crippen LogP contribution in [0.5, 0.6) is 0 Å². The number of nitrogens with one attached hydrogen (secondary N) is 1. The minimum absolute atomic E-state index is 0.517. The largest absolute Gasteiger partial charge is 0.370 e. The van der Waals surface area contributed by atoms with E-state index in [1.807, 2.05) is 66.2 Å². The van der Waals surface area contributed by atoms with Crippen molar-refractivity contribution < 1.29 is 0 Å². The molecule has 1 unspecified atom stereocenters. The minimum Gasteiger partial charge on any atom is -0.370 e. The van der Waals surface area contributed by atoms with E-state index >= 15 is 0 Å². The predicted molar refractivity (Wildman–Crippen MR) is 141 cm³/mol. The van der Waals surface area contributed by atoms with Crippen LogP contribution in [0.1, 0.15) is 24.0 Å². The lowest BCUT2D eigenvalue weighted by Crippen LogP contribution is -2.37. The van der Waals surface area contributed by atoms with E-state index in [0.29, 0.717) is 16.0 Å². The van der Waals surface area contributed by atoms with Gasteiger partial charge in [0.2, 0.25) is 0 Å². The zero-order valence-electron chi connectivity index (χ0n) is 18.9. The molecule has 8 heteroatoms. The van der Waals surface area contributed by atoms with E-state index in [-0.39, 0.29) is 0 Å². The van der Waals surface area contributed by atoms with E-state index in [1.54, 1.807) is 0 Å². The van der Waals surface area contributed by atoms with Crippen LogP contribution >= 0.6 is 34.8 Å². The van der Waals surface area contributed by atoms with Crippen LogP contribution in [0.3, 0.4) is 0 Å². The molecule has 34 heavy (non-hydrogen) atoms. The summed E-state index contributed by atoms with van der Waals surface area (Å²) in [7, 11) is 0. The van der Waals surface area contributed by atoms with Gasteiger partial charge in [0.1, 0.15) is 5.82 Å². The van der Waals surface area contributed by atoms with E-state index in [9.17, 15) is 0 Å². The number of hydrogen-bond donors (Lipinski definition) is 1. The molecule has 3 heterocycles. The number of aromatic nitrogens is 3. The Kier molecular flexibility index (Phi) is 6.98. The predicted octanol–water partition coefficient (Wildman–Crippen LogP) is 6.99. The van der Waals surface area contributed by atoms with Crippen LogP contribution in [-0.4, -0.2) is 39.1 Å². The van der Waals surface area contributed by atoms with E-state index in [4.69, 9.17) is 39.8 Å². The number of hydrogen-bond acceptors (Lipinski definition) is 4. The highest BCUT2D eigenvalue weighted by Crippen LogP contribution is 2.30. The maximum Gasteiger partial charge on any atom is 0.160 e. The molecule has 0 aliphatic carbocycles. The number of piperidine rings is 1. The molecule has 0 spiro atoms. The van der Waals surface area contributed by atoms with Crippen LogP contribution < -0.4 is 5.32 Å². The zero-order chi connectivity index (χ0) is 23.7. The van der Waals surface area contributed by atoms with Crippen LogP contribution in [-0.2, 0) is 6.54 Å². The fourth-order valence-electron chi connectivity index (χ4n) is 4.61. The van der Waals surface area contributed by atoms with E-state index in [1.165, 1.54) is 6.42 Å². The topological polar surface area (TPSA) is 45.5 Å². The monoisotopic (exact) mass is 513 g/mol. The average molecular weight is 515 g/mol. The molecule has 1 aliphatic heterocycles. The lowest BCUT2D eigenvalue weighted by Gasteiger charge is -2.33. The molecule has 176 valence electrons. The number of halogens is 3. The molecule has 2 aromatic carbocycles. The van der Waals surface area contributed by atoms with Crippen LogP contribution in [0.4, 0.5) is 5.82 Å². The van der Waals surface area contributed by atoms with Crippen LogP contribution in [0.25, 0.3) is 16.9 Å². The molecule has 0 radical (unpaired) electrons. The fraction of sp³-hybridized carbons (Fsp3) is 0.308. The Morgan fingerprint density at radius 1 is 1.06 bits per heavy atom. The molecule has 5 nitrogen and oxygen atoms in total. The number of rotatable bonds is 6. The summed E-state index contributed by atoms with van der Waals surface area (Å²) in [6, 6.07) is 15.6. The first-order valence-corrected chi connectivity index (χ1v) is 12.6. The Hall–Kier alpha value is -2.31. The van der Waals surface area contributed by atoms with Gasteiger partial charge in [-0.15, -0.1) is 0 Å². The van der Waals surface area contributed by atoms with Gasteiger partial charge in [0.05, 0.1) is 11.9 Å². The van der Waals surface area contributed by atoms with Gasteiger partial charge in [0.25, 0.3) is 0 Å². The highest BCUT2D eigenvalue weighted by molar-refractivity contribution is 6.35. The first-order chi connectivity index (χ1) is 16.5. The van der Waals surface area contributed by atoms with Crippen molar-refractivity contribution in [3.05, 3.63) is 80.9 Å². The molecule has 1 saturated heterocycles. The van der Waals surface area contributed by atoms with Crippen molar-refractivity contribution >= 4 is 46.3 Å². The van der Waals surface area contributed by atoms with Crippen molar-refractivity contribution in [2.45, 2.75) is 26.3 Å². The van der Waals surface area contributed by atoms with Crippen LogP contribution in [0.2, 0.25) is 15.1 Å². The third-order valence-corrected chi connectivity index (χ3v) is 7.30. The molecule has 0 bridgehead atoms. The number of aryl methyl sites for hydroxylation is 1. The summed E-state index contributed by atoms with van der Waals surface area (Å²) in [4.78, 5) is 7.31. The Bertz CT molecular complexity index is 1320. The Morgan fingerprint density at radius 2 is 1.91 bits per heavy atom. The van der Waals surface area contributed by atoms with Gasteiger partial charge in [-0.3, -0.25) is 4.90 Å². The SMILES string of the molecule is Cc1cnn2c(NCC3CCCN(Cc4ccc(Cl)cc4Cl)C3)cc(-c3ccccc3Cl)nc12. The summed E-state index contributed by atoms with van der Waals surface area (Å²) in [5, 5.41) is 10.3. The minimum atomic E-state index is 0.517. The summed E-state index contributed by atoms with van der Waals surface area (Å²) >= 11 is 18.9. The highest BCUT2D eigenvalue weighted by Gasteiger charge is 2.21. The van der Waals surface area contributed by atoms with Gasteiger partial charge >= 0.3 is 0 Å². The molecule has 5 rings (SSSR count). The highest BCUT2D eigenvalue weighted by atomic mass is 35.5. The number of benzene rings is 2. The summed E-state index contributed by atoms with van der Waals surface area (Å²) in [6.45, 7) is 5.79. The smallest absolute Gasteiger partial charge is 0.160 e. The van der Waals surface area contributed by atoms with Gasteiger partial charge in [0, 0.05) is 51.9 Å². The second-order valence-electron chi connectivity index (χ2n) is 8.93. The van der Waals surface area contributed by atoms with Gasteiger partial charge in [-0.05, 0) is 56.0 Å². The lowest BCUT2D eigenvalue weighted by molar-refractivity contribution is 0.173. The molecule has 0 amide bonds. The summed E-state index contributed by atoms with van der Waals surface area (Å²) in [5.41, 5.74) is 4.74. The number of fused-ring (bicyclic) bond motifs is 1. The van der Waals surface area contributed by atoms with Crippen LogP contribution in [0.15, 0.2) is 54.7 Å². The molecule has 4 aromatic rings. The Labute approximate surface area is 214 Å². The van der Waals surface area contributed by atoms with E-state index in [0.717, 1.165) is 71.5 Å². The quantitative estimate of drug-likeness (QED) is 0.301.